The van der Waals surface area contributed by atoms with Crippen molar-refractivity contribution in [1.29, 1.82) is 0 Å². The zero-order valence-electron chi connectivity index (χ0n) is 13.6. The van der Waals surface area contributed by atoms with E-state index in [1.807, 2.05) is 0 Å². The largest absolute Gasteiger partial charge is 0.330 e. The summed E-state index contributed by atoms with van der Waals surface area (Å²) in [7, 11) is 0. The molecule has 2 fully saturated rings. The number of piperidine rings is 1. The van der Waals surface area contributed by atoms with E-state index in [2.05, 4.69) is 5.32 Å². The maximum atomic E-state index is 12.7. The molecule has 0 aromatic rings. The number of nitrogens with two attached hydrogens (primary N) is 1. The minimum Gasteiger partial charge on any atom is -0.330 e. The number of nitrogens with one attached hydrogen (secondary N) is 1. The predicted molar refractivity (Wildman–Crippen MR) is 88.3 cm³/mol. The molecule has 2 aliphatic rings. The van der Waals surface area contributed by atoms with Gasteiger partial charge in [-0.05, 0) is 38.6 Å². The van der Waals surface area contributed by atoms with Gasteiger partial charge in [0.05, 0.1) is 6.04 Å². The SMILES string of the molecule is NCCCCC1NC2CCCCCCCCCC(C2)C1=O. The van der Waals surface area contributed by atoms with Crippen LogP contribution in [0.25, 0.3) is 0 Å². The van der Waals surface area contributed by atoms with Gasteiger partial charge in [-0.15, -0.1) is 0 Å². The van der Waals surface area contributed by atoms with Crippen LogP contribution in [0, 0.1) is 5.92 Å². The summed E-state index contributed by atoms with van der Waals surface area (Å²) in [4.78, 5) is 12.7. The van der Waals surface area contributed by atoms with Gasteiger partial charge in [0.15, 0.2) is 5.78 Å². The summed E-state index contributed by atoms with van der Waals surface area (Å²) in [5.74, 6) is 0.832. The standard InChI is InChI=1S/C18H34N2O/c19-13-9-8-12-17-18(21)15-10-6-4-2-1-3-5-7-11-16(14-15)20-17/h15-17,20H,1-14,19H2. The molecule has 1 aliphatic heterocycles. The molecule has 0 amide bonds. The molecule has 3 atom stereocenters. The molecular weight excluding hydrogens is 260 g/mol. The Balaban J connectivity index is 1.91. The Hall–Kier alpha value is -0.410. The topological polar surface area (TPSA) is 55.1 Å². The van der Waals surface area contributed by atoms with Gasteiger partial charge >= 0.3 is 0 Å². The van der Waals surface area contributed by atoms with Crippen LogP contribution in [0.2, 0.25) is 0 Å². The molecule has 2 bridgehead atoms. The fourth-order valence-electron chi connectivity index (χ4n) is 4.02. The van der Waals surface area contributed by atoms with Gasteiger partial charge in [-0.25, -0.2) is 0 Å². The molecule has 1 aliphatic carbocycles. The van der Waals surface area contributed by atoms with Gasteiger partial charge in [-0.3, -0.25) is 4.79 Å². The summed E-state index contributed by atoms with van der Waals surface area (Å²) >= 11 is 0. The van der Waals surface area contributed by atoms with E-state index in [-0.39, 0.29) is 6.04 Å². The fourth-order valence-corrected chi connectivity index (χ4v) is 4.02. The number of hydrogen-bond acceptors (Lipinski definition) is 3. The van der Waals surface area contributed by atoms with E-state index in [0.717, 1.165) is 38.6 Å². The van der Waals surface area contributed by atoms with E-state index in [1.165, 1.54) is 51.4 Å². The van der Waals surface area contributed by atoms with Crippen molar-refractivity contribution in [1.82, 2.24) is 5.32 Å². The number of hydrogen-bond donors (Lipinski definition) is 2. The van der Waals surface area contributed by atoms with Crippen molar-refractivity contribution < 1.29 is 4.79 Å². The first-order valence-electron chi connectivity index (χ1n) is 9.31. The third-order valence-electron chi connectivity index (χ3n) is 5.30. The molecule has 3 heteroatoms. The predicted octanol–water partition coefficient (Wildman–Crippen LogP) is 3.56. The summed E-state index contributed by atoms with van der Waals surface area (Å²) in [5, 5.41) is 3.66. The molecule has 3 N–H and O–H groups in total. The molecule has 21 heavy (non-hydrogen) atoms. The zero-order chi connectivity index (χ0) is 14.9. The van der Waals surface area contributed by atoms with E-state index in [1.54, 1.807) is 0 Å². The van der Waals surface area contributed by atoms with Gasteiger partial charge in [0, 0.05) is 12.0 Å². The molecule has 1 saturated heterocycles. The van der Waals surface area contributed by atoms with E-state index < -0.39 is 0 Å². The number of carbonyl (C=O) groups excluding carboxylic acids is 1. The van der Waals surface area contributed by atoms with Crippen molar-refractivity contribution in [2.45, 2.75) is 95.6 Å². The second-order valence-corrected chi connectivity index (χ2v) is 7.09. The van der Waals surface area contributed by atoms with Crippen LogP contribution in [0.5, 0.6) is 0 Å². The Bertz CT molecular complexity index is 302. The average molecular weight is 294 g/mol. The molecule has 0 aromatic carbocycles. The maximum Gasteiger partial charge on any atom is 0.152 e. The number of ketones is 1. The van der Waals surface area contributed by atoms with Gasteiger partial charge in [-0.2, -0.15) is 0 Å². The zero-order valence-corrected chi connectivity index (χ0v) is 13.6. The van der Waals surface area contributed by atoms with Crippen molar-refractivity contribution in [2.24, 2.45) is 11.7 Å². The van der Waals surface area contributed by atoms with Crippen LogP contribution in [-0.2, 0) is 4.79 Å². The third-order valence-corrected chi connectivity index (χ3v) is 5.30. The van der Waals surface area contributed by atoms with E-state index in [4.69, 9.17) is 5.73 Å². The second-order valence-electron chi connectivity index (χ2n) is 7.09. The molecule has 3 unspecified atom stereocenters. The quantitative estimate of drug-likeness (QED) is 0.780. The van der Waals surface area contributed by atoms with E-state index in [0.29, 0.717) is 17.7 Å². The monoisotopic (exact) mass is 294 g/mol. The summed E-state index contributed by atoms with van der Waals surface area (Å²) in [6.45, 7) is 0.744. The van der Waals surface area contributed by atoms with Crippen LogP contribution in [0.15, 0.2) is 0 Å². The average Bonchev–Trinajstić information content (AvgIpc) is 2.47. The van der Waals surface area contributed by atoms with Crippen molar-refractivity contribution >= 4 is 5.78 Å². The first kappa shape index (κ1) is 17.0. The van der Waals surface area contributed by atoms with Crippen LogP contribution in [-0.4, -0.2) is 24.4 Å². The lowest BCUT2D eigenvalue weighted by molar-refractivity contribution is -0.128. The van der Waals surface area contributed by atoms with Gasteiger partial charge < -0.3 is 11.1 Å². The van der Waals surface area contributed by atoms with Gasteiger partial charge in [0.25, 0.3) is 0 Å². The third kappa shape index (κ3) is 5.71. The maximum absolute atomic E-state index is 12.7. The molecule has 0 spiro atoms. The van der Waals surface area contributed by atoms with Crippen molar-refractivity contribution in [3.05, 3.63) is 0 Å². The fraction of sp³-hybridized carbons (Fsp3) is 0.944. The highest BCUT2D eigenvalue weighted by molar-refractivity contribution is 5.87. The number of rotatable bonds is 4. The lowest BCUT2D eigenvalue weighted by Gasteiger charge is -2.36. The highest BCUT2D eigenvalue weighted by atomic mass is 16.1. The van der Waals surface area contributed by atoms with Crippen LogP contribution >= 0.6 is 0 Å². The summed E-state index contributed by atoms with van der Waals surface area (Å²) < 4.78 is 0. The lowest BCUT2D eigenvalue weighted by atomic mass is 9.80. The molecule has 1 heterocycles. The van der Waals surface area contributed by atoms with Gasteiger partial charge in [0.1, 0.15) is 0 Å². The molecule has 1 saturated carbocycles. The molecule has 2 rings (SSSR count). The lowest BCUT2D eigenvalue weighted by Crippen LogP contribution is -2.52. The summed E-state index contributed by atoms with van der Waals surface area (Å²) in [5.41, 5.74) is 5.58. The van der Waals surface area contributed by atoms with Gasteiger partial charge in [0.2, 0.25) is 0 Å². The summed E-state index contributed by atoms with van der Waals surface area (Å²) in [6.07, 6.45) is 16.0. The summed E-state index contributed by atoms with van der Waals surface area (Å²) in [6, 6.07) is 0.693. The smallest absolute Gasteiger partial charge is 0.152 e. The first-order chi connectivity index (χ1) is 10.3. The first-order valence-corrected chi connectivity index (χ1v) is 9.31. The molecule has 0 radical (unpaired) electrons. The Labute approximate surface area is 130 Å². The minimum atomic E-state index is 0.114. The Morgan fingerprint density at radius 1 is 0.952 bits per heavy atom. The number of carbonyl (C=O) groups is 1. The molecule has 0 aromatic heterocycles. The Morgan fingerprint density at radius 3 is 2.33 bits per heavy atom. The van der Waals surface area contributed by atoms with E-state index >= 15 is 0 Å². The Kier molecular flexibility index (Phi) is 7.73. The minimum absolute atomic E-state index is 0.114. The van der Waals surface area contributed by atoms with Crippen LogP contribution in [0.4, 0.5) is 0 Å². The van der Waals surface area contributed by atoms with Crippen LogP contribution in [0.3, 0.4) is 0 Å². The van der Waals surface area contributed by atoms with Crippen LogP contribution < -0.4 is 11.1 Å². The Morgan fingerprint density at radius 2 is 1.62 bits per heavy atom. The highest BCUT2D eigenvalue weighted by Crippen LogP contribution is 2.28. The number of Topliss-reactive ketones (excluding diaryl/α,β-unsaturated/α-hetero) is 1. The molecule has 3 nitrogen and oxygen atoms in total. The van der Waals surface area contributed by atoms with Gasteiger partial charge in [-0.1, -0.05) is 51.4 Å². The second kappa shape index (κ2) is 9.58. The van der Waals surface area contributed by atoms with Crippen molar-refractivity contribution in [3.8, 4) is 0 Å². The van der Waals surface area contributed by atoms with Crippen LogP contribution in [0.1, 0.15) is 83.5 Å². The van der Waals surface area contributed by atoms with Crippen molar-refractivity contribution in [3.63, 3.8) is 0 Å². The highest BCUT2D eigenvalue weighted by Gasteiger charge is 2.34. The molecule has 122 valence electrons. The number of unbranched alkanes of at least 4 members (excludes halogenated alkanes) is 1. The molecular formula is C18H34N2O. The number of fused-ring (bicyclic) bond motifs is 2. The van der Waals surface area contributed by atoms with E-state index in [9.17, 15) is 4.79 Å². The normalized spacial score (nSPS) is 32.2. The van der Waals surface area contributed by atoms with Crippen molar-refractivity contribution in [2.75, 3.05) is 6.54 Å².